The molecule has 0 unspecified atom stereocenters. The van der Waals surface area contributed by atoms with Crippen molar-refractivity contribution in [2.45, 2.75) is 26.3 Å². The molecule has 4 rings (SSSR count). The van der Waals surface area contributed by atoms with Gasteiger partial charge in [-0.15, -0.1) is 0 Å². The quantitative estimate of drug-likeness (QED) is 0.323. The van der Waals surface area contributed by atoms with Crippen LogP contribution in [0.15, 0.2) is 66.7 Å². The van der Waals surface area contributed by atoms with Gasteiger partial charge in [0.15, 0.2) is 5.78 Å². The summed E-state index contributed by atoms with van der Waals surface area (Å²) in [4.78, 5) is 26.9. The summed E-state index contributed by atoms with van der Waals surface area (Å²) in [6, 6.07) is 21.1. The summed E-state index contributed by atoms with van der Waals surface area (Å²) in [5.41, 5.74) is 4.72. The number of fused-ring (bicyclic) bond motifs is 3. The Balaban J connectivity index is 1.87. The lowest BCUT2D eigenvalue weighted by Crippen LogP contribution is -2.22. The molecule has 0 aliphatic rings. The van der Waals surface area contributed by atoms with E-state index in [1.807, 2.05) is 73.7 Å². The van der Waals surface area contributed by atoms with Gasteiger partial charge in [-0.1, -0.05) is 43.3 Å². The molecular formula is C27H27N3O2. The van der Waals surface area contributed by atoms with Crippen LogP contribution in [0.1, 0.15) is 41.3 Å². The van der Waals surface area contributed by atoms with E-state index in [0.29, 0.717) is 36.2 Å². The van der Waals surface area contributed by atoms with E-state index in [-0.39, 0.29) is 11.7 Å². The van der Waals surface area contributed by atoms with Crippen LogP contribution in [0.25, 0.3) is 21.8 Å². The molecule has 5 heteroatoms. The van der Waals surface area contributed by atoms with E-state index in [1.165, 1.54) is 0 Å². The minimum Gasteiger partial charge on any atom is -0.349 e. The Morgan fingerprint density at radius 3 is 2.03 bits per heavy atom. The third-order valence-corrected chi connectivity index (χ3v) is 5.91. The highest BCUT2D eigenvalue weighted by Gasteiger charge is 2.17. The molecule has 4 aromatic rings. The lowest BCUT2D eigenvalue weighted by atomic mass is 10.00. The monoisotopic (exact) mass is 425 g/mol. The van der Waals surface area contributed by atoms with Crippen molar-refractivity contribution in [3.8, 4) is 0 Å². The number of rotatable bonds is 7. The van der Waals surface area contributed by atoms with E-state index in [0.717, 1.165) is 27.4 Å². The zero-order valence-corrected chi connectivity index (χ0v) is 18.7. The number of ketones is 1. The summed E-state index contributed by atoms with van der Waals surface area (Å²) >= 11 is 0. The number of nitrogens with zero attached hydrogens (tertiary/aromatic N) is 2. The summed E-state index contributed by atoms with van der Waals surface area (Å²) in [5, 5.41) is 10.2. The highest BCUT2D eigenvalue weighted by molar-refractivity contribution is 6.15. The average Bonchev–Trinajstić information content (AvgIpc) is 3.14. The fourth-order valence-corrected chi connectivity index (χ4v) is 4.07. The van der Waals surface area contributed by atoms with Crippen molar-refractivity contribution in [3.63, 3.8) is 0 Å². The smallest absolute Gasteiger partial charge is 0.223 e. The summed E-state index contributed by atoms with van der Waals surface area (Å²) < 4.78 is 2.14. The molecule has 0 radical (unpaired) electrons. The first-order valence-corrected chi connectivity index (χ1v) is 10.8. The van der Waals surface area contributed by atoms with Crippen molar-refractivity contribution in [1.29, 1.82) is 5.41 Å². The maximum Gasteiger partial charge on any atom is 0.223 e. The van der Waals surface area contributed by atoms with Crippen LogP contribution < -0.4 is 0 Å². The predicted octanol–water partition coefficient (Wildman–Crippen LogP) is 5.28. The molecule has 162 valence electrons. The van der Waals surface area contributed by atoms with Gasteiger partial charge in [-0.25, -0.2) is 0 Å². The van der Waals surface area contributed by atoms with Gasteiger partial charge < -0.3 is 14.9 Å². The third kappa shape index (κ3) is 3.94. The van der Waals surface area contributed by atoms with E-state index >= 15 is 0 Å². The fraction of sp³-hybridized carbons (Fsp3) is 0.222. The fourth-order valence-electron chi connectivity index (χ4n) is 4.07. The van der Waals surface area contributed by atoms with Crippen LogP contribution in [0.2, 0.25) is 0 Å². The van der Waals surface area contributed by atoms with Gasteiger partial charge in [-0.3, -0.25) is 9.59 Å². The van der Waals surface area contributed by atoms with Gasteiger partial charge in [0.05, 0.1) is 0 Å². The molecule has 0 bridgehead atoms. The molecule has 0 saturated carbocycles. The summed E-state index contributed by atoms with van der Waals surface area (Å²) in [6.07, 6.45) is 1.04. The molecule has 0 aliphatic carbocycles. The average molecular weight is 426 g/mol. The van der Waals surface area contributed by atoms with E-state index < -0.39 is 0 Å². The zero-order chi connectivity index (χ0) is 22.8. The van der Waals surface area contributed by atoms with Gasteiger partial charge >= 0.3 is 0 Å². The number of benzene rings is 3. The van der Waals surface area contributed by atoms with Crippen molar-refractivity contribution in [1.82, 2.24) is 9.47 Å². The first kappa shape index (κ1) is 21.5. The topological polar surface area (TPSA) is 66.2 Å². The summed E-state index contributed by atoms with van der Waals surface area (Å²) in [6.45, 7) is 2.52. The number of aromatic nitrogens is 1. The summed E-state index contributed by atoms with van der Waals surface area (Å²) in [5.74, 6) is 0.0499. The Kier molecular flexibility index (Phi) is 5.91. The van der Waals surface area contributed by atoms with Crippen molar-refractivity contribution >= 4 is 39.2 Å². The minimum atomic E-state index is -0.0198. The predicted molar refractivity (Wildman–Crippen MR) is 130 cm³/mol. The van der Waals surface area contributed by atoms with Crippen LogP contribution in [-0.2, 0) is 11.3 Å². The number of hydrogen-bond donors (Lipinski definition) is 1. The number of carbonyl (C=O) groups excluding carboxylic acids is 2. The van der Waals surface area contributed by atoms with E-state index in [9.17, 15) is 9.59 Å². The zero-order valence-electron chi connectivity index (χ0n) is 18.7. The Hall–Kier alpha value is -3.73. The standard InChI is InChI=1S/C27H27N3O2/c1-4-23(28)19-10-12-24-21(16-19)22-17-20(27(32)18-8-6-5-7-9-18)11-13-25(22)30(24)15-14-26(31)29(2)3/h5-13,16-17,28H,4,14-15H2,1-3H3. The Labute approximate surface area is 187 Å². The molecule has 0 aliphatic heterocycles. The molecule has 0 atom stereocenters. The molecule has 32 heavy (non-hydrogen) atoms. The van der Waals surface area contributed by atoms with Crippen LogP contribution in [0.3, 0.4) is 0 Å². The van der Waals surface area contributed by atoms with E-state index in [4.69, 9.17) is 5.41 Å². The molecule has 0 saturated heterocycles. The van der Waals surface area contributed by atoms with Crippen LogP contribution in [-0.4, -0.2) is 41.0 Å². The van der Waals surface area contributed by atoms with Gasteiger partial charge in [0.1, 0.15) is 0 Å². The SMILES string of the molecule is CCC(=N)c1ccc2c(c1)c1cc(C(=O)c3ccccc3)ccc1n2CCC(=O)N(C)C. The number of amides is 1. The maximum absolute atomic E-state index is 13.1. The number of carbonyl (C=O) groups is 2. The largest absolute Gasteiger partial charge is 0.349 e. The molecule has 0 fully saturated rings. The molecule has 1 aromatic heterocycles. The van der Waals surface area contributed by atoms with Crippen LogP contribution in [0.4, 0.5) is 0 Å². The molecular weight excluding hydrogens is 398 g/mol. The highest BCUT2D eigenvalue weighted by Crippen LogP contribution is 2.32. The molecule has 0 spiro atoms. The number of aryl methyl sites for hydroxylation is 1. The first-order chi connectivity index (χ1) is 15.4. The Morgan fingerprint density at radius 1 is 0.844 bits per heavy atom. The van der Waals surface area contributed by atoms with Crippen LogP contribution >= 0.6 is 0 Å². The van der Waals surface area contributed by atoms with Crippen molar-refractivity contribution in [3.05, 3.63) is 83.4 Å². The lowest BCUT2D eigenvalue weighted by Gasteiger charge is -2.12. The second-order valence-electron chi connectivity index (χ2n) is 8.18. The molecule has 3 aromatic carbocycles. The molecule has 1 amide bonds. The normalized spacial score (nSPS) is 11.1. The minimum absolute atomic E-state index is 0.0198. The Bertz CT molecular complexity index is 1330. The van der Waals surface area contributed by atoms with E-state index in [2.05, 4.69) is 4.57 Å². The second-order valence-corrected chi connectivity index (χ2v) is 8.18. The lowest BCUT2D eigenvalue weighted by molar-refractivity contribution is -0.128. The van der Waals surface area contributed by atoms with Gasteiger partial charge in [-0.05, 0) is 42.3 Å². The number of hydrogen-bond acceptors (Lipinski definition) is 3. The molecule has 1 heterocycles. The van der Waals surface area contributed by atoms with E-state index in [1.54, 1.807) is 19.0 Å². The molecule has 1 N–H and O–H groups in total. The molecule has 5 nitrogen and oxygen atoms in total. The van der Waals surface area contributed by atoms with Crippen molar-refractivity contribution in [2.75, 3.05) is 14.1 Å². The van der Waals surface area contributed by atoms with Crippen LogP contribution in [0.5, 0.6) is 0 Å². The van der Waals surface area contributed by atoms with Crippen LogP contribution in [0, 0.1) is 5.41 Å². The van der Waals surface area contributed by atoms with Crippen molar-refractivity contribution < 1.29 is 9.59 Å². The van der Waals surface area contributed by atoms with Crippen molar-refractivity contribution in [2.24, 2.45) is 0 Å². The van der Waals surface area contributed by atoms with Gasteiger partial charge in [0, 0.05) is 65.7 Å². The van der Waals surface area contributed by atoms with Gasteiger partial charge in [-0.2, -0.15) is 0 Å². The third-order valence-electron chi connectivity index (χ3n) is 5.91. The maximum atomic E-state index is 13.1. The summed E-state index contributed by atoms with van der Waals surface area (Å²) in [7, 11) is 3.52. The van der Waals surface area contributed by atoms with Gasteiger partial charge in [0.25, 0.3) is 0 Å². The van der Waals surface area contributed by atoms with Gasteiger partial charge in [0.2, 0.25) is 5.91 Å². The highest BCUT2D eigenvalue weighted by atomic mass is 16.2. The second kappa shape index (κ2) is 8.79. The number of nitrogens with one attached hydrogen (secondary N) is 1. The Morgan fingerprint density at radius 2 is 1.44 bits per heavy atom. The first-order valence-electron chi connectivity index (χ1n) is 10.8.